The fraction of sp³-hybridized carbons (Fsp3) is 0.333. The molecule has 1 amide bonds. The third kappa shape index (κ3) is 2.45. The number of ether oxygens (including phenoxy) is 1. The summed E-state index contributed by atoms with van der Waals surface area (Å²) >= 11 is 0. The first kappa shape index (κ1) is 11.8. The molecule has 7 nitrogen and oxygen atoms in total. The second-order valence-electron chi connectivity index (χ2n) is 4.26. The number of carbonyl (C=O) groups excluding carboxylic acids is 1. The Balaban J connectivity index is 1.73. The van der Waals surface area contributed by atoms with Gasteiger partial charge in [0.25, 0.3) is 11.7 Å². The molecule has 1 N–H and O–H groups in total. The van der Waals surface area contributed by atoms with Gasteiger partial charge < -0.3 is 9.64 Å². The first-order chi connectivity index (χ1) is 9.34. The van der Waals surface area contributed by atoms with Crippen molar-refractivity contribution in [3.05, 3.63) is 41.7 Å². The molecule has 1 atom stereocenters. The number of aromatic amines is 1. The maximum absolute atomic E-state index is 12.1. The van der Waals surface area contributed by atoms with Gasteiger partial charge in [-0.3, -0.25) is 4.79 Å². The SMILES string of the molecule is O=C(c1nn[nH]n1)N1CCOC(c2ccccc2)C1. The van der Waals surface area contributed by atoms with Crippen LogP contribution in [0.15, 0.2) is 30.3 Å². The lowest BCUT2D eigenvalue weighted by atomic mass is 10.1. The molecule has 98 valence electrons. The van der Waals surface area contributed by atoms with Crippen molar-refractivity contribution in [2.45, 2.75) is 6.10 Å². The van der Waals surface area contributed by atoms with Crippen molar-refractivity contribution in [2.24, 2.45) is 0 Å². The van der Waals surface area contributed by atoms with Gasteiger partial charge in [-0.05, 0) is 10.8 Å². The molecule has 1 aliphatic rings. The third-order valence-corrected chi connectivity index (χ3v) is 3.06. The van der Waals surface area contributed by atoms with Crippen molar-refractivity contribution in [3.63, 3.8) is 0 Å². The summed E-state index contributed by atoms with van der Waals surface area (Å²) in [7, 11) is 0. The van der Waals surface area contributed by atoms with E-state index in [4.69, 9.17) is 4.74 Å². The van der Waals surface area contributed by atoms with Crippen LogP contribution < -0.4 is 0 Å². The number of morpholine rings is 1. The minimum Gasteiger partial charge on any atom is -0.370 e. The van der Waals surface area contributed by atoms with Crippen LogP contribution in [0.4, 0.5) is 0 Å². The monoisotopic (exact) mass is 259 g/mol. The van der Waals surface area contributed by atoms with E-state index in [1.807, 2.05) is 30.3 Å². The standard InChI is InChI=1S/C12H13N5O2/c18-12(11-13-15-16-14-11)17-6-7-19-10(8-17)9-4-2-1-3-5-9/h1-5,10H,6-8H2,(H,13,14,15,16). The van der Waals surface area contributed by atoms with Crippen molar-refractivity contribution in [2.75, 3.05) is 19.7 Å². The van der Waals surface area contributed by atoms with Crippen molar-refractivity contribution in [1.29, 1.82) is 0 Å². The Kier molecular flexibility index (Phi) is 3.20. The lowest BCUT2D eigenvalue weighted by molar-refractivity contribution is -0.0232. The zero-order chi connectivity index (χ0) is 13.1. The summed E-state index contributed by atoms with van der Waals surface area (Å²) < 4.78 is 5.70. The highest BCUT2D eigenvalue weighted by molar-refractivity contribution is 5.90. The van der Waals surface area contributed by atoms with E-state index in [9.17, 15) is 4.79 Å². The number of H-pyrrole nitrogens is 1. The van der Waals surface area contributed by atoms with Gasteiger partial charge in [0.1, 0.15) is 6.10 Å². The largest absolute Gasteiger partial charge is 0.370 e. The summed E-state index contributed by atoms with van der Waals surface area (Å²) in [5, 5.41) is 13.1. The van der Waals surface area contributed by atoms with Crippen LogP contribution in [0.3, 0.4) is 0 Å². The molecule has 2 heterocycles. The Labute approximate surface area is 109 Å². The molecule has 1 saturated heterocycles. The Morgan fingerprint density at radius 2 is 2.21 bits per heavy atom. The number of nitrogens with zero attached hydrogens (tertiary/aromatic N) is 4. The zero-order valence-electron chi connectivity index (χ0n) is 10.2. The van der Waals surface area contributed by atoms with Gasteiger partial charge in [0.15, 0.2) is 0 Å². The van der Waals surface area contributed by atoms with Crippen molar-refractivity contribution in [1.82, 2.24) is 25.5 Å². The number of carbonyl (C=O) groups is 1. The molecule has 3 rings (SSSR count). The van der Waals surface area contributed by atoms with Crippen molar-refractivity contribution < 1.29 is 9.53 Å². The highest BCUT2D eigenvalue weighted by Gasteiger charge is 2.27. The number of aromatic nitrogens is 4. The average molecular weight is 259 g/mol. The average Bonchev–Trinajstić information content (AvgIpc) is 3.02. The first-order valence-electron chi connectivity index (χ1n) is 6.04. The summed E-state index contributed by atoms with van der Waals surface area (Å²) in [6.45, 7) is 1.54. The quantitative estimate of drug-likeness (QED) is 0.844. The highest BCUT2D eigenvalue weighted by Crippen LogP contribution is 2.22. The van der Waals surface area contributed by atoms with Crippen LogP contribution >= 0.6 is 0 Å². The topological polar surface area (TPSA) is 84.0 Å². The normalized spacial score (nSPS) is 19.4. The second-order valence-corrected chi connectivity index (χ2v) is 4.26. The van der Waals surface area contributed by atoms with E-state index in [-0.39, 0.29) is 17.8 Å². The molecule has 0 spiro atoms. The smallest absolute Gasteiger partial charge is 0.295 e. The molecule has 0 aliphatic carbocycles. The zero-order valence-corrected chi connectivity index (χ0v) is 10.2. The predicted molar refractivity (Wildman–Crippen MR) is 65.2 cm³/mol. The van der Waals surface area contributed by atoms with Crippen LogP contribution in [-0.2, 0) is 4.74 Å². The number of amides is 1. The van der Waals surface area contributed by atoms with E-state index in [0.717, 1.165) is 5.56 Å². The molecule has 2 aromatic rings. The van der Waals surface area contributed by atoms with E-state index in [1.165, 1.54) is 0 Å². The van der Waals surface area contributed by atoms with Crippen LogP contribution in [0.25, 0.3) is 0 Å². The van der Waals surface area contributed by atoms with Crippen molar-refractivity contribution in [3.8, 4) is 0 Å². The maximum atomic E-state index is 12.1. The van der Waals surface area contributed by atoms with Gasteiger partial charge >= 0.3 is 0 Å². The number of rotatable bonds is 2. The molecule has 1 aliphatic heterocycles. The van der Waals surface area contributed by atoms with Gasteiger partial charge in [-0.2, -0.15) is 5.21 Å². The van der Waals surface area contributed by atoms with E-state index in [1.54, 1.807) is 4.90 Å². The molecule has 19 heavy (non-hydrogen) atoms. The van der Waals surface area contributed by atoms with Gasteiger partial charge in [-0.25, -0.2) is 0 Å². The molecule has 0 saturated carbocycles. The molecule has 1 unspecified atom stereocenters. The first-order valence-corrected chi connectivity index (χ1v) is 6.04. The molecule has 1 aromatic heterocycles. The molecular weight excluding hydrogens is 246 g/mol. The number of hydrogen-bond donors (Lipinski definition) is 1. The number of nitrogens with one attached hydrogen (secondary N) is 1. The number of benzene rings is 1. The summed E-state index contributed by atoms with van der Waals surface area (Å²) in [4.78, 5) is 13.8. The number of hydrogen-bond acceptors (Lipinski definition) is 5. The van der Waals surface area contributed by atoms with Crippen LogP contribution in [0.1, 0.15) is 22.3 Å². The fourth-order valence-electron chi connectivity index (χ4n) is 2.10. The molecule has 1 fully saturated rings. The van der Waals surface area contributed by atoms with E-state index >= 15 is 0 Å². The Morgan fingerprint density at radius 3 is 2.95 bits per heavy atom. The molecule has 0 bridgehead atoms. The third-order valence-electron chi connectivity index (χ3n) is 3.06. The second kappa shape index (κ2) is 5.15. The maximum Gasteiger partial charge on any atom is 0.295 e. The van der Waals surface area contributed by atoms with Gasteiger partial charge in [-0.15, -0.1) is 10.2 Å². The van der Waals surface area contributed by atoms with E-state index in [0.29, 0.717) is 19.7 Å². The number of tetrazole rings is 1. The Morgan fingerprint density at radius 1 is 1.37 bits per heavy atom. The van der Waals surface area contributed by atoms with Gasteiger partial charge in [-0.1, -0.05) is 30.3 Å². The minimum absolute atomic E-state index is 0.0914. The van der Waals surface area contributed by atoms with E-state index < -0.39 is 0 Å². The fourth-order valence-corrected chi connectivity index (χ4v) is 2.10. The van der Waals surface area contributed by atoms with Gasteiger partial charge in [0, 0.05) is 6.54 Å². The minimum atomic E-state index is -0.224. The predicted octanol–water partition coefficient (Wildman–Crippen LogP) is 0.413. The van der Waals surface area contributed by atoms with Crippen LogP contribution in [-0.4, -0.2) is 51.1 Å². The molecule has 0 radical (unpaired) electrons. The van der Waals surface area contributed by atoms with Crippen LogP contribution in [0.5, 0.6) is 0 Å². The lowest BCUT2D eigenvalue weighted by Crippen LogP contribution is -2.42. The summed E-state index contributed by atoms with van der Waals surface area (Å²) in [5.41, 5.74) is 1.06. The highest BCUT2D eigenvalue weighted by atomic mass is 16.5. The summed E-state index contributed by atoms with van der Waals surface area (Å²) in [5.74, 6) is -0.133. The van der Waals surface area contributed by atoms with Crippen LogP contribution in [0, 0.1) is 0 Å². The van der Waals surface area contributed by atoms with Gasteiger partial charge in [0.2, 0.25) is 0 Å². The van der Waals surface area contributed by atoms with Crippen LogP contribution in [0.2, 0.25) is 0 Å². The molecule has 7 heteroatoms. The van der Waals surface area contributed by atoms with E-state index in [2.05, 4.69) is 20.6 Å². The molecule has 1 aromatic carbocycles. The lowest BCUT2D eigenvalue weighted by Gasteiger charge is -2.32. The summed E-state index contributed by atoms with van der Waals surface area (Å²) in [6.07, 6.45) is -0.106. The Hall–Kier alpha value is -2.28. The van der Waals surface area contributed by atoms with Gasteiger partial charge in [0.05, 0.1) is 13.2 Å². The summed E-state index contributed by atoms with van der Waals surface area (Å²) in [6, 6.07) is 9.85. The Bertz CT molecular complexity index is 543. The molecular formula is C12H13N5O2. The van der Waals surface area contributed by atoms with Crippen molar-refractivity contribution >= 4 is 5.91 Å².